The van der Waals surface area contributed by atoms with Gasteiger partial charge in [0.1, 0.15) is 0 Å². The second-order valence-corrected chi connectivity index (χ2v) is 5.74. The van der Waals surface area contributed by atoms with E-state index in [1.807, 2.05) is 0 Å². The minimum absolute atomic E-state index is 0.492. The smallest absolute Gasteiger partial charge is 0.0430 e. The molecule has 0 radical (unpaired) electrons. The van der Waals surface area contributed by atoms with Crippen LogP contribution in [0.4, 0.5) is 0 Å². The van der Waals surface area contributed by atoms with Crippen LogP contribution in [-0.4, -0.2) is 0 Å². The van der Waals surface area contributed by atoms with E-state index in [1.165, 1.54) is 34.4 Å². The van der Waals surface area contributed by atoms with E-state index in [2.05, 4.69) is 60.2 Å². The van der Waals surface area contributed by atoms with Gasteiger partial charge in [0.15, 0.2) is 0 Å². The van der Waals surface area contributed by atoms with Crippen molar-refractivity contribution in [3.05, 3.63) is 65.2 Å². The molecule has 0 saturated heterocycles. The summed E-state index contributed by atoms with van der Waals surface area (Å²) in [7, 11) is 0. The Kier molecular flexibility index (Phi) is 3.39. The molecule has 0 spiro atoms. The van der Waals surface area contributed by atoms with E-state index in [1.54, 1.807) is 11.9 Å². The first-order valence-corrected chi connectivity index (χ1v) is 7.21. The molecule has 0 aliphatic heterocycles. The SMILES string of the molecule is Cc1cccc(SNC2CCc3ccccc32)c1. The van der Waals surface area contributed by atoms with Crippen molar-refractivity contribution in [1.82, 2.24) is 4.72 Å². The molecule has 0 heterocycles. The monoisotopic (exact) mass is 255 g/mol. The third kappa shape index (κ3) is 2.45. The Labute approximate surface area is 113 Å². The summed E-state index contributed by atoms with van der Waals surface area (Å²) in [6.07, 6.45) is 2.40. The lowest BCUT2D eigenvalue weighted by Crippen LogP contribution is -2.10. The molecule has 0 fully saturated rings. The lowest BCUT2D eigenvalue weighted by atomic mass is 10.1. The summed E-state index contributed by atoms with van der Waals surface area (Å²) in [4.78, 5) is 1.29. The maximum atomic E-state index is 3.60. The van der Waals surface area contributed by atoms with Crippen LogP contribution in [-0.2, 0) is 6.42 Å². The van der Waals surface area contributed by atoms with Gasteiger partial charge in [-0.1, -0.05) is 36.4 Å². The number of aryl methyl sites for hydroxylation is 2. The normalized spacial score (nSPS) is 17.7. The topological polar surface area (TPSA) is 12.0 Å². The Morgan fingerprint density at radius 2 is 2.00 bits per heavy atom. The molecular weight excluding hydrogens is 238 g/mol. The van der Waals surface area contributed by atoms with Crippen molar-refractivity contribution in [3.63, 3.8) is 0 Å². The third-order valence-electron chi connectivity index (χ3n) is 3.44. The van der Waals surface area contributed by atoms with E-state index in [9.17, 15) is 0 Å². The Bertz CT molecular complexity index is 550. The van der Waals surface area contributed by atoms with Crippen LogP contribution >= 0.6 is 11.9 Å². The van der Waals surface area contributed by atoms with Gasteiger partial charge in [0.25, 0.3) is 0 Å². The molecular formula is C16H17NS. The van der Waals surface area contributed by atoms with E-state index >= 15 is 0 Å². The fourth-order valence-electron chi connectivity index (χ4n) is 2.50. The highest BCUT2D eigenvalue weighted by Gasteiger charge is 2.21. The van der Waals surface area contributed by atoms with Crippen molar-refractivity contribution in [1.29, 1.82) is 0 Å². The van der Waals surface area contributed by atoms with E-state index in [4.69, 9.17) is 0 Å². The Morgan fingerprint density at radius 3 is 2.89 bits per heavy atom. The number of hydrogen-bond acceptors (Lipinski definition) is 2. The molecule has 0 amide bonds. The van der Waals surface area contributed by atoms with Gasteiger partial charge in [-0.2, -0.15) is 0 Å². The summed E-state index contributed by atoms with van der Waals surface area (Å²) >= 11 is 1.75. The van der Waals surface area contributed by atoms with Crippen LogP contribution in [0.5, 0.6) is 0 Å². The maximum absolute atomic E-state index is 3.60. The fourth-order valence-corrected chi connectivity index (χ4v) is 3.41. The molecule has 1 atom stereocenters. The summed E-state index contributed by atoms with van der Waals surface area (Å²) in [6, 6.07) is 17.9. The van der Waals surface area contributed by atoms with E-state index in [-0.39, 0.29) is 0 Å². The standard InChI is InChI=1S/C16H17NS/c1-12-5-4-7-14(11-12)18-17-16-10-9-13-6-2-3-8-15(13)16/h2-8,11,16-17H,9-10H2,1H3. The highest BCUT2D eigenvalue weighted by Crippen LogP contribution is 2.33. The molecule has 1 nitrogen and oxygen atoms in total. The summed E-state index contributed by atoms with van der Waals surface area (Å²) in [5.41, 5.74) is 4.28. The van der Waals surface area contributed by atoms with Crippen LogP contribution in [0.25, 0.3) is 0 Å². The molecule has 1 aliphatic rings. The molecule has 2 aromatic carbocycles. The Hall–Kier alpha value is -1.25. The van der Waals surface area contributed by atoms with Crippen molar-refractivity contribution >= 4 is 11.9 Å². The minimum Gasteiger partial charge on any atom is -0.252 e. The molecule has 0 saturated carbocycles. The zero-order chi connectivity index (χ0) is 12.4. The second-order valence-electron chi connectivity index (χ2n) is 4.83. The largest absolute Gasteiger partial charge is 0.252 e. The first-order chi connectivity index (χ1) is 8.83. The average Bonchev–Trinajstić information content (AvgIpc) is 2.80. The quantitative estimate of drug-likeness (QED) is 0.822. The van der Waals surface area contributed by atoms with Crippen LogP contribution in [0.1, 0.15) is 29.2 Å². The van der Waals surface area contributed by atoms with Gasteiger partial charge in [-0.15, -0.1) is 0 Å². The maximum Gasteiger partial charge on any atom is 0.0430 e. The predicted molar refractivity (Wildman–Crippen MR) is 77.7 cm³/mol. The van der Waals surface area contributed by atoms with Gasteiger partial charge in [0.2, 0.25) is 0 Å². The van der Waals surface area contributed by atoms with Gasteiger partial charge in [-0.05, 0) is 60.5 Å². The van der Waals surface area contributed by atoms with Crippen molar-refractivity contribution in [2.24, 2.45) is 0 Å². The van der Waals surface area contributed by atoms with Gasteiger partial charge < -0.3 is 0 Å². The minimum atomic E-state index is 0.492. The van der Waals surface area contributed by atoms with Gasteiger partial charge in [0, 0.05) is 10.9 Å². The van der Waals surface area contributed by atoms with Crippen molar-refractivity contribution in [3.8, 4) is 0 Å². The summed E-state index contributed by atoms with van der Waals surface area (Å²) in [6.45, 7) is 2.13. The lowest BCUT2D eigenvalue weighted by molar-refractivity contribution is 0.667. The van der Waals surface area contributed by atoms with Crippen molar-refractivity contribution < 1.29 is 0 Å². The highest BCUT2D eigenvalue weighted by molar-refractivity contribution is 7.97. The van der Waals surface area contributed by atoms with Gasteiger partial charge in [0.05, 0.1) is 0 Å². The number of benzene rings is 2. The molecule has 18 heavy (non-hydrogen) atoms. The molecule has 1 unspecified atom stereocenters. The van der Waals surface area contributed by atoms with Crippen LogP contribution < -0.4 is 4.72 Å². The Morgan fingerprint density at radius 1 is 1.11 bits per heavy atom. The molecule has 2 heteroatoms. The second kappa shape index (κ2) is 5.17. The summed E-state index contributed by atoms with van der Waals surface area (Å²) < 4.78 is 3.60. The van der Waals surface area contributed by atoms with E-state index in [0.29, 0.717) is 6.04 Å². The summed E-state index contributed by atoms with van der Waals surface area (Å²) in [5, 5.41) is 0. The van der Waals surface area contributed by atoms with Gasteiger partial charge in [-0.25, -0.2) is 0 Å². The average molecular weight is 255 g/mol. The van der Waals surface area contributed by atoms with E-state index < -0.39 is 0 Å². The van der Waals surface area contributed by atoms with Crippen LogP contribution in [0, 0.1) is 6.92 Å². The highest BCUT2D eigenvalue weighted by atomic mass is 32.2. The zero-order valence-electron chi connectivity index (χ0n) is 10.5. The molecule has 3 rings (SSSR count). The number of nitrogens with one attached hydrogen (secondary N) is 1. The zero-order valence-corrected chi connectivity index (χ0v) is 11.3. The molecule has 92 valence electrons. The molecule has 1 N–H and O–H groups in total. The predicted octanol–water partition coefficient (Wildman–Crippen LogP) is 4.28. The van der Waals surface area contributed by atoms with Crippen molar-refractivity contribution in [2.75, 3.05) is 0 Å². The fraction of sp³-hybridized carbons (Fsp3) is 0.250. The Balaban J connectivity index is 1.69. The van der Waals surface area contributed by atoms with E-state index in [0.717, 1.165) is 0 Å². The van der Waals surface area contributed by atoms with Crippen molar-refractivity contribution in [2.45, 2.75) is 30.7 Å². The first kappa shape index (κ1) is 11.8. The molecule has 0 aromatic heterocycles. The number of rotatable bonds is 3. The number of hydrogen-bond donors (Lipinski definition) is 1. The first-order valence-electron chi connectivity index (χ1n) is 6.40. The van der Waals surface area contributed by atoms with Gasteiger partial charge in [-0.3, -0.25) is 4.72 Å². The van der Waals surface area contributed by atoms with Crippen LogP contribution in [0.3, 0.4) is 0 Å². The molecule has 0 bridgehead atoms. The lowest BCUT2D eigenvalue weighted by Gasteiger charge is -2.13. The molecule has 2 aromatic rings. The number of fused-ring (bicyclic) bond motifs is 1. The molecule has 1 aliphatic carbocycles. The van der Waals surface area contributed by atoms with Gasteiger partial charge >= 0.3 is 0 Å². The van der Waals surface area contributed by atoms with Crippen LogP contribution in [0.15, 0.2) is 53.4 Å². The summed E-state index contributed by atoms with van der Waals surface area (Å²) in [5.74, 6) is 0. The third-order valence-corrected chi connectivity index (χ3v) is 4.33. The van der Waals surface area contributed by atoms with Crippen LogP contribution in [0.2, 0.25) is 0 Å².